The van der Waals surface area contributed by atoms with Gasteiger partial charge in [-0.1, -0.05) is 11.6 Å². The average molecular weight is 357 g/mol. The molecule has 0 bridgehead atoms. The van der Waals surface area contributed by atoms with E-state index in [4.69, 9.17) is 21.1 Å². The van der Waals surface area contributed by atoms with E-state index in [2.05, 4.69) is 10.2 Å². The van der Waals surface area contributed by atoms with Crippen LogP contribution in [0.15, 0.2) is 18.2 Å². The number of morpholine rings is 1. The van der Waals surface area contributed by atoms with Gasteiger partial charge in [-0.05, 0) is 24.6 Å². The van der Waals surface area contributed by atoms with E-state index in [0.29, 0.717) is 31.2 Å². The number of halogens is 2. The van der Waals surface area contributed by atoms with Gasteiger partial charge < -0.3 is 14.8 Å². The Morgan fingerprint density at radius 3 is 2.79 bits per heavy atom. The van der Waals surface area contributed by atoms with E-state index < -0.39 is 5.82 Å². The third kappa shape index (κ3) is 4.25. The molecule has 0 aliphatic carbocycles. The van der Waals surface area contributed by atoms with Crippen molar-refractivity contribution in [1.82, 2.24) is 10.2 Å². The summed E-state index contributed by atoms with van der Waals surface area (Å²) in [7, 11) is 0. The van der Waals surface area contributed by atoms with Crippen molar-refractivity contribution in [3.05, 3.63) is 34.6 Å². The van der Waals surface area contributed by atoms with Gasteiger partial charge in [0.1, 0.15) is 5.82 Å². The Bertz CT molecular complexity index is 575. The molecule has 1 amide bonds. The Hall–Kier alpha value is -1.21. The van der Waals surface area contributed by atoms with Gasteiger partial charge in [0.25, 0.3) is 5.91 Å². The normalized spacial score (nSPS) is 23.2. The van der Waals surface area contributed by atoms with Crippen LogP contribution < -0.4 is 5.32 Å². The Morgan fingerprint density at radius 1 is 1.33 bits per heavy atom. The molecule has 132 valence electrons. The molecule has 7 heteroatoms. The molecule has 0 saturated carbocycles. The molecule has 24 heavy (non-hydrogen) atoms. The highest BCUT2D eigenvalue weighted by molar-refractivity contribution is 6.33. The lowest BCUT2D eigenvalue weighted by atomic mass is 9.96. The molecule has 3 rings (SSSR count). The molecule has 1 aromatic carbocycles. The number of ether oxygens (including phenoxy) is 2. The number of hydrogen-bond donors (Lipinski definition) is 1. The molecule has 0 radical (unpaired) electrons. The minimum atomic E-state index is -0.453. The van der Waals surface area contributed by atoms with E-state index in [1.54, 1.807) is 0 Å². The number of amides is 1. The summed E-state index contributed by atoms with van der Waals surface area (Å²) in [6, 6.07) is 4.01. The van der Waals surface area contributed by atoms with Crippen LogP contribution in [0, 0.1) is 11.7 Å². The summed E-state index contributed by atoms with van der Waals surface area (Å²) in [4.78, 5) is 14.7. The van der Waals surface area contributed by atoms with Crippen LogP contribution in [0.4, 0.5) is 4.39 Å². The summed E-state index contributed by atoms with van der Waals surface area (Å²) >= 11 is 5.97. The van der Waals surface area contributed by atoms with Crippen LogP contribution >= 0.6 is 11.6 Å². The SMILES string of the molecule is O=C(NCC(C1CCOC1)N1CCOCC1)c1ccc(F)cc1Cl. The molecule has 1 aromatic rings. The fraction of sp³-hybridized carbons (Fsp3) is 0.588. The van der Waals surface area contributed by atoms with E-state index in [1.807, 2.05) is 0 Å². The maximum Gasteiger partial charge on any atom is 0.252 e. The van der Waals surface area contributed by atoms with Gasteiger partial charge in [-0.25, -0.2) is 4.39 Å². The van der Waals surface area contributed by atoms with Gasteiger partial charge in [0.15, 0.2) is 0 Å². The predicted octanol–water partition coefficient (Wildman–Crippen LogP) is 1.95. The zero-order valence-corrected chi connectivity index (χ0v) is 14.2. The summed E-state index contributed by atoms with van der Waals surface area (Å²) in [6.07, 6.45) is 0.995. The van der Waals surface area contributed by atoms with Crippen molar-refractivity contribution in [2.75, 3.05) is 46.1 Å². The Kier molecular flexibility index (Phi) is 6.05. The number of carbonyl (C=O) groups is 1. The highest BCUT2D eigenvalue weighted by atomic mass is 35.5. The molecule has 2 unspecified atom stereocenters. The van der Waals surface area contributed by atoms with E-state index in [1.165, 1.54) is 12.1 Å². The summed E-state index contributed by atoms with van der Waals surface area (Å²) in [5, 5.41) is 3.07. The fourth-order valence-corrected chi connectivity index (χ4v) is 3.58. The first-order valence-corrected chi connectivity index (χ1v) is 8.66. The van der Waals surface area contributed by atoms with Gasteiger partial charge in [0, 0.05) is 38.2 Å². The zero-order valence-electron chi connectivity index (χ0n) is 13.5. The Balaban J connectivity index is 1.64. The van der Waals surface area contributed by atoms with E-state index >= 15 is 0 Å². The lowest BCUT2D eigenvalue weighted by Gasteiger charge is -2.37. The molecule has 2 atom stereocenters. The zero-order chi connectivity index (χ0) is 16.9. The molecule has 0 spiro atoms. The maximum atomic E-state index is 13.1. The van der Waals surface area contributed by atoms with Crippen LogP contribution in [0.3, 0.4) is 0 Å². The van der Waals surface area contributed by atoms with Crippen LogP contribution in [0.1, 0.15) is 16.8 Å². The number of rotatable bonds is 5. The first-order valence-electron chi connectivity index (χ1n) is 8.28. The fourth-order valence-electron chi connectivity index (χ4n) is 3.33. The van der Waals surface area contributed by atoms with Crippen LogP contribution in [0.25, 0.3) is 0 Å². The molecular weight excluding hydrogens is 335 g/mol. The molecule has 2 aliphatic heterocycles. The molecule has 0 aromatic heterocycles. The number of nitrogens with zero attached hydrogens (tertiary/aromatic N) is 1. The molecule has 5 nitrogen and oxygen atoms in total. The topological polar surface area (TPSA) is 50.8 Å². The van der Waals surface area contributed by atoms with E-state index in [9.17, 15) is 9.18 Å². The van der Waals surface area contributed by atoms with Gasteiger partial charge in [-0.2, -0.15) is 0 Å². The molecule has 2 aliphatic rings. The Labute approximate surface area is 146 Å². The highest BCUT2D eigenvalue weighted by Gasteiger charge is 2.31. The van der Waals surface area contributed by atoms with E-state index in [0.717, 1.165) is 38.8 Å². The largest absolute Gasteiger partial charge is 0.381 e. The number of hydrogen-bond acceptors (Lipinski definition) is 4. The minimum Gasteiger partial charge on any atom is -0.381 e. The van der Waals surface area contributed by atoms with Gasteiger partial charge >= 0.3 is 0 Å². The van der Waals surface area contributed by atoms with Gasteiger partial charge in [-0.15, -0.1) is 0 Å². The van der Waals surface area contributed by atoms with Crippen molar-refractivity contribution in [1.29, 1.82) is 0 Å². The Morgan fingerprint density at radius 2 is 2.12 bits per heavy atom. The molecule has 2 heterocycles. The van der Waals surface area contributed by atoms with Crippen molar-refractivity contribution in [3.63, 3.8) is 0 Å². The van der Waals surface area contributed by atoms with Crippen molar-refractivity contribution in [2.24, 2.45) is 5.92 Å². The molecule has 2 fully saturated rings. The minimum absolute atomic E-state index is 0.125. The third-order valence-corrected chi connectivity index (χ3v) is 4.98. The maximum absolute atomic E-state index is 13.1. The standard InChI is InChI=1S/C17H22ClFN2O3/c18-15-9-13(19)1-2-14(15)17(22)20-10-16(12-3-6-24-11-12)21-4-7-23-8-5-21/h1-2,9,12,16H,3-8,10-11H2,(H,20,22). The highest BCUT2D eigenvalue weighted by Crippen LogP contribution is 2.22. The van der Waals surface area contributed by atoms with Crippen LogP contribution in [-0.2, 0) is 9.47 Å². The summed E-state index contributed by atoms with van der Waals surface area (Å²) in [5.74, 6) is -0.338. The quantitative estimate of drug-likeness (QED) is 0.876. The summed E-state index contributed by atoms with van der Waals surface area (Å²) in [6.45, 7) is 5.13. The third-order valence-electron chi connectivity index (χ3n) is 4.67. The van der Waals surface area contributed by atoms with Crippen molar-refractivity contribution in [2.45, 2.75) is 12.5 Å². The molecule has 2 saturated heterocycles. The van der Waals surface area contributed by atoms with E-state index in [-0.39, 0.29) is 17.0 Å². The second kappa shape index (κ2) is 8.25. The lowest BCUT2D eigenvalue weighted by molar-refractivity contribution is 0.00166. The molecular formula is C17H22ClFN2O3. The van der Waals surface area contributed by atoms with Gasteiger partial charge in [-0.3, -0.25) is 9.69 Å². The van der Waals surface area contributed by atoms with Crippen LogP contribution in [-0.4, -0.2) is 62.9 Å². The summed E-state index contributed by atoms with van der Waals surface area (Å²) in [5.41, 5.74) is 0.293. The van der Waals surface area contributed by atoms with Crippen molar-refractivity contribution < 1.29 is 18.7 Å². The lowest BCUT2D eigenvalue weighted by Crippen LogP contribution is -2.52. The van der Waals surface area contributed by atoms with Crippen LogP contribution in [0.2, 0.25) is 5.02 Å². The smallest absolute Gasteiger partial charge is 0.252 e. The first kappa shape index (κ1) is 17.6. The van der Waals surface area contributed by atoms with Crippen LogP contribution in [0.5, 0.6) is 0 Å². The second-order valence-corrected chi connectivity index (χ2v) is 6.58. The van der Waals surface area contributed by atoms with Crippen molar-refractivity contribution in [3.8, 4) is 0 Å². The number of benzene rings is 1. The number of nitrogens with one attached hydrogen (secondary N) is 1. The van der Waals surface area contributed by atoms with Gasteiger partial charge in [0.2, 0.25) is 0 Å². The molecule has 1 N–H and O–H groups in total. The predicted molar refractivity (Wildman–Crippen MR) is 88.8 cm³/mol. The van der Waals surface area contributed by atoms with Gasteiger partial charge in [0.05, 0.1) is 30.4 Å². The second-order valence-electron chi connectivity index (χ2n) is 6.17. The number of carbonyl (C=O) groups excluding carboxylic acids is 1. The summed E-state index contributed by atoms with van der Waals surface area (Å²) < 4.78 is 24.1. The van der Waals surface area contributed by atoms with Crippen molar-refractivity contribution >= 4 is 17.5 Å². The first-order chi connectivity index (χ1) is 11.6. The average Bonchev–Trinajstić information content (AvgIpc) is 3.10. The monoisotopic (exact) mass is 356 g/mol.